The molecule has 0 saturated heterocycles. The van der Waals surface area contributed by atoms with E-state index >= 15 is 0 Å². The number of nitrogens with zero attached hydrogens (tertiary/aromatic N) is 1. The lowest BCUT2D eigenvalue weighted by Gasteiger charge is -2.06. The van der Waals surface area contributed by atoms with Crippen molar-refractivity contribution in [1.82, 2.24) is 4.98 Å². The lowest BCUT2D eigenvalue weighted by atomic mass is 10.2. The van der Waals surface area contributed by atoms with E-state index in [4.69, 9.17) is 9.47 Å². The molecular weight excluding hydrogens is 310 g/mol. The molecule has 0 saturated carbocycles. The van der Waals surface area contributed by atoms with Crippen LogP contribution < -0.4 is 4.74 Å². The predicted molar refractivity (Wildman–Crippen MR) is 90.7 cm³/mol. The van der Waals surface area contributed by atoms with Crippen LogP contribution in [0.4, 0.5) is 0 Å². The first kappa shape index (κ1) is 15.5. The maximum absolute atomic E-state index is 11.9. The zero-order chi connectivity index (χ0) is 16.1. The monoisotopic (exact) mass is 327 g/mol. The lowest BCUT2D eigenvalue weighted by Crippen LogP contribution is -2.06. The standard InChI is InChI=1S/C18H17NO3S/c1-21-14-6-4-5-13(11-14)12-22-18(20)10-9-17-19-15-7-2-3-8-16(15)23-17/h2-8,11H,9-10,12H2,1H3. The fourth-order valence-corrected chi connectivity index (χ4v) is 3.20. The van der Waals surface area contributed by atoms with Gasteiger partial charge in [0.2, 0.25) is 0 Å². The van der Waals surface area contributed by atoms with Crippen molar-refractivity contribution in [1.29, 1.82) is 0 Å². The number of hydrogen-bond acceptors (Lipinski definition) is 5. The van der Waals surface area contributed by atoms with Crippen molar-refractivity contribution in [3.63, 3.8) is 0 Å². The summed E-state index contributed by atoms with van der Waals surface area (Å²) in [6.07, 6.45) is 0.945. The number of carbonyl (C=O) groups is 1. The lowest BCUT2D eigenvalue weighted by molar-refractivity contribution is -0.144. The summed E-state index contributed by atoms with van der Waals surface area (Å²) in [5.41, 5.74) is 1.90. The number of benzene rings is 2. The predicted octanol–water partition coefficient (Wildman–Crippen LogP) is 3.98. The van der Waals surface area contributed by atoms with Crippen molar-refractivity contribution in [3.8, 4) is 5.75 Å². The zero-order valence-electron chi connectivity index (χ0n) is 12.8. The van der Waals surface area contributed by atoms with Crippen molar-refractivity contribution in [2.24, 2.45) is 0 Å². The topological polar surface area (TPSA) is 48.4 Å². The molecule has 23 heavy (non-hydrogen) atoms. The van der Waals surface area contributed by atoms with E-state index in [1.165, 1.54) is 0 Å². The third kappa shape index (κ3) is 4.07. The first-order valence-corrected chi connectivity index (χ1v) is 8.19. The molecule has 3 rings (SSSR count). The van der Waals surface area contributed by atoms with Crippen LogP contribution in [0.1, 0.15) is 17.0 Å². The highest BCUT2D eigenvalue weighted by Gasteiger charge is 2.08. The zero-order valence-corrected chi connectivity index (χ0v) is 13.6. The van der Waals surface area contributed by atoms with Crippen LogP contribution in [0.5, 0.6) is 5.75 Å². The van der Waals surface area contributed by atoms with E-state index in [0.717, 1.165) is 26.5 Å². The molecule has 1 aromatic heterocycles. The third-order valence-electron chi connectivity index (χ3n) is 3.42. The minimum absolute atomic E-state index is 0.216. The molecule has 0 N–H and O–H groups in total. The molecule has 4 nitrogen and oxygen atoms in total. The van der Waals surface area contributed by atoms with Crippen molar-refractivity contribution < 1.29 is 14.3 Å². The number of rotatable bonds is 6. The fourth-order valence-electron chi connectivity index (χ4n) is 2.23. The molecule has 0 spiro atoms. The number of carbonyl (C=O) groups excluding carboxylic acids is 1. The van der Waals surface area contributed by atoms with Crippen LogP contribution in [0.2, 0.25) is 0 Å². The van der Waals surface area contributed by atoms with Gasteiger partial charge < -0.3 is 9.47 Å². The maximum Gasteiger partial charge on any atom is 0.306 e. The van der Waals surface area contributed by atoms with E-state index in [1.54, 1.807) is 18.4 Å². The number of thiazole rings is 1. The summed E-state index contributed by atoms with van der Waals surface area (Å²) < 4.78 is 11.6. The van der Waals surface area contributed by atoms with Crippen LogP contribution in [0.3, 0.4) is 0 Å². The van der Waals surface area contributed by atoms with Crippen LogP contribution in [0.15, 0.2) is 48.5 Å². The summed E-state index contributed by atoms with van der Waals surface area (Å²) in [7, 11) is 1.61. The van der Waals surface area contributed by atoms with Crippen molar-refractivity contribution in [2.75, 3.05) is 7.11 Å². The van der Waals surface area contributed by atoms with E-state index in [2.05, 4.69) is 4.98 Å². The second-order valence-corrected chi connectivity index (χ2v) is 6.20. The van der Waals surface area contributed by atoms with Gasteiger partial charge in [-0.15, -0.1) is 11.3 Å². The molecule has 3 aromatic rings. The average Bonchev–Trinajstić information content (AvgIpc) is 3.01. The number of aryl methyl sites for hydroxylation is 1. The number of methoxy groups -OCH3 is 1. The molecule has 5 heteroatoms. The molecule has 0 aliphatic heterocycles. The minimum Gasteiger partial charge on any atom is -0.497 e. The number of hydrogen-bond donors (Lipinski definition) is 0. The fraction of sp³-hybridized carbons (Fsp3) is 0.222. The van der Waals surface area contributed by atoms with Crippen molar-refractivity contribution in [2.45, 2.75) is 19.4 Å². The largest absolute Gasteiger partial charge is 0.497 e. The Labute approximate surface area is 138 Å². The van der Waals surface area contributed by atoms with Gasteiger partial charge in [-0.05, 0) is 29.8 Å². The molecule has 1 heterocycles. The van der Waals surface area contributed by atoms with Crippen molar-refractivity contribution >= 4 is 27.5 Å². The third-order valence-corrected chi connectivity index (χ3v) is 4.51. The Bertz CT molecular complexity index is 780. The van der Waals surface area contributed by atoms with Crippen LogP contribution >= 0.6 is 11.3 Å². The summed E-state index contributed by atoms with van der Waals surface area (Å²) in [6.45, 7) is 0.260. The Morgan fingerprint density at radius 3 is 2.87 bits per heavy atom. The molecule has 0 radical (unpaired) electrons. The average molecular weight is 327 g/mol. The van der Waals surface area contributed by atoms with Gasteiger partial charge >= 0.3 is 5.97 Å². The molecule has 0 amide bonds. The second kappa shape index (κ2) is 7.24. The number of fused-ring (bicyclic) bond motifs is 1. The molecule has 0 bridgehead atoms. The van der Waals surface area contributed by atoms with Crippen LogP contribution in [0, 0.1) is 0 Å². The number of ether oxygens (including phenoxy) is 2. The van der Waals surface area contributed by atoms with E-state index in [-0.39, 0.29) is 12.6 Å². The molecule has 0 atom stereocenters. The first-order chi connectivity index (χ1) is 11.2. The molecule has 0 unspecified atom stereocenters. The Morgan fingerprint density at radius 1 is 1.17 bits per heavy atom. The van der Waals surface area contributed by atoms with E-state index < -0.39 is 0 Å². The molecule has 2 aromatic carbocycles. The smallest absolute Gasteiger partial charge is 0.306 e. The van der Waals surface area contributed by atoms with E-state index in [0.29, 0.717) is 12.8 Å². The Balaban J connectivity index is 1.51. The van der Waals surface area contributed by atoms with Crippen LogP contribution in [-0.2, 0) is 22.6 Å². The quantitative estimate of drug-likeness (QED) is 0.643. The Kier molecular flexibility index (Phi) is 4.88. The maximum atomic E-state index is 11.9. The normalized spacial score (nSPS) is 10.7. The molecule has 0 aliphatic carbocycles. The number of aromatic nitrogens is 1. The van der Waals surface area contributed by atoms with Gasteiger partial charge in [0.15, 0.2) is 0 Å². The van der Waals surface area contributed by atoms with Gasteiger partial charge in [0, 0.05) is 6.42 Å². The second-order valence-electron chi connectivity index (χ2n) is 5.09. The van der Waals surface area contributed by atoms with Gasteiger partial charge in [-0.1, -0.05) is 24.3 Å². The highest BCUT2D eigenvalue weighted by atomic mass is 32.1. The summed E-state index contributed by atoms with van der Waals surface area (Å²) in [4.78, 5) is 16.4. The molecule has 118 valence electrons. The van der Waals surface area contributed by atoms with Crippen molar-refractivity contribution in [3.05, 3.63) is 59.1 Å². The van der Waals surface area contributed by atoms with Gasteiger partial charge in [0.1, 0.15) is 12.4 Å². The molecular formula is C18H17NO3S. The minimum atomic E-state index is -0.216. The van der Waals surface area contributed by atoms with Gasteiger partial charge in [-0.25, -0.2) is 4.98 Å². The number of esters is 1. The Morgan fingerprint density at radius 2 is 2.04 bits per heavy atom. The first-order valence-electron chi connectivity index (χ1n) is 7.37. The highest BCUT2D eigenvalue weighted by Crippen LogP contribution is 2.22. The Hall–Kier alpha value is -2.40. The summed E-state index contributed by atoms with van der Waals surface area (Å²) >= 11 is 1.62. The highest BCUT2D eigenvalue weighted by molar-refractivity contribution is 7.18. The summed E-state index contributed by atoms with van der Waals surface area (Å²) in [6, 6.07) is 15.5. The van der Waals surface area contributed by atoms with E-state index in [9.17, 15) is 4.79 Å². The molecule has 0 aliphatic rings. The van der Waals surface area contributed by atoms with Gasteiger partial charge in [-0.2, -0.15) is 0 Å². The molecule has 0 fully saturated rings. The van der Waals surface area contributed by atoms with Gasteiger partial charge in [0.25, 0.3) is 0 Å². The van der Waals surface area contributed by atoms with Crippen LogP contribution in [-0.4, -0.2) is 18.1 Å². The van der Waals surface area contributed by atoms with Gasteiger partial charge in [0.05, 0.1) is 28.8 Å². The summed E-state index contributed by atoms with van der Waals surface area (Å²) in [5.74, 6) is 0.542. The SMILES string of the molecule is COc1cccc(COC(=O)CCc2nc3ccccc3s2)c1. The van der Waals surface area contributed by atoms with Crippen LogP contribution in [0.25, 0.3) is 10.2 Å². The number of para-hydroxylation sites is 1. The van der Waals surface area contributed by atoms with E-state index in [1.807, 2.05) is 48.5 Å². The summed E-state index contributed by atoms with van der Waals surface area (Å²) in [5, 5.41) is 0.963. The van der Waals surface area contributed by atoms with Gasteiger partial charge in [-0.3, -0.25) is 4.79 Å².